The summed E-state index contributed by atoms with van der Waals surface area (Å²) in [6.45, 7) is 0.375. The topological polar surface area (TPSA) is 98.9 Å². The van der Waals surface area contributed by atoms with E-state index in [1.165, 1.54) is 22.9 Å². The lowest BCUT2D eigenvalue weighted by molar-refractivity contribution is 0.0691. The van der Waals surface area contributed by atoms with Crippen molar-refractivity contribution in [1.82, 2.24) is 9.97 Å². The fourth-order valence-electron chi connectivity index (χ4n) is 1.25. The van der Waals surface area contributed by atoms with E-state index in [-0.39, 0.29) is 5.69 Å². The van der Waals surface area contributed by atoms with E-state index in [4.69, 9.17) is 10.4 Å². The summed E-state index contributed by atoms with van der Waals surface area (Å²) < 4.78 is 0. The summed E-state index contributed by atoms with van der Waals surface area (Å²) in [4.78, 5) is 18.6. The van der Waals surface area contributed by atoms with Gasteiger partial charge in [0.15, 0.2) is 5.69 Å². The second-order valence-corrected chi connectivity index (χ2v) is 4.27. The number of nitriles is 1. The monoisotopic (exact) mass is 260 g/mol. The van der Waals surface area contributed by atoms with Crippen LogP contribution in [-0.4, -0.2) is 21.0 Å². The highest BCUT2D eigenvalue weighted by Crippen LogP contribution is 2.12. The van der Waals surface area contributed by atoms with Crippen LogP contribution in [0.1, 0.15) is 21.1 Å². The van der Waals surface area contributed by atoms with Crippen molar-refractivity contribution >= 4 is 23.1 Å². The van der Waals surface area contributed by atoms with E-state index in [2.05, 4.69) is 15.3 Å². The molecular formula is C11H8N4O2S. The highest BCUT2D eigenvalue weighted by atomic mass is 32.1. The first-order valence-corrected chi connectivity index (χ1v) is 5.84. The van der Waals surface area contributed by atoms with Gasteiger partial charge in [0.1, 0.15) is 10.8 Å². The van der Waals surface area contributed by atoms with E-state index in [9.17, 15) is 4.79 Å². The Hall–Kier alpha value is -2.46. The van der Waals surface area contributed by atoms with Crippen molar-refractivity contribution in [3.8, 4) is 6.07 Å². The lowest BCUT2D eigenvalue weighted by Crippen LogP contribution is -2.02. The van der Waals surface area contributed by atoms with Gasteiger partial charge in [-0.15, -0.1) is 11.3 Å². The quantitative estimate of drug-likeness (QED) is 0.868. The molecule has 2 heterocycles. The number of nitrogens with zero attached hydrogens (tertiary/aromatic N) is 3. The van der Waals surface area contributed by atoms with Gasteiger partial charge in [0.2, 0.25) is 0 Å². The first-order chi connectivity index (χ1) is 8.69. The number of nitrogens with one attached hydrogen (secondary N) is 1. The molecule has 0 atom stereocenters. The average molecular weight is 260 g/mol. The fraction of sp³-hybridized carbons (Fsp3) is 0.0909. The second-order valence-electron chi connectivity index (χ2n) is 3.33. The number of aromatic nitrogens is 2. The maximum atomic E-state index is 10.6. The molecule has 90 valence electrons. The van der Waals surface area contributed by atoms with E-state index in [1.54, 1.807) is 12.1 Å². The van der Waals surface area contributed by atoms with Gasteiger partial charge in [0.05, 0.1) is 18.2 Å². The predicted octanol–water partition coefficient (Wildman–Crippen LogP) is 1.72. The standard InChI is InChI=1S/C11H8N4O2S/c12-4-7-1-2-13-9(3-7)14-5-10-15-8(6-18-10)11(16)17/h1-3,6H,5H2,(H,13,14)(H,16,17). The first-order valence-electron chi connectivity index (χ1n) is 4.97. The highest BCUT2D eigenvalue weighted by Gasteiger charge is 2.08. The molecule has 0 spiro atoms. The number of carboxylic acids is 1. The molecule has 6 nitrogen and oxygen atoms in total. The SMILES string of the molecule is N#Cc1ccnc(NCc2nc(C(=O)O)cs2)c1. The number of anilines is 1. The zero-order valence-corrected chi connectivity index (χ0v) is 9.94. The molecule has 18 heavy (non-hydrogen) atoms. The summed E-state index contributed by atoms with van der Waals surface area (Å²) >= 11 is 1.26. The number of carbonyl (C=O) groups is 1. The van der Waals surface area contributed by atoms with Crippen molar-refractivity contribution < 1.29 is 9.90 Å². The van der Waals surface area contributed by atoms with Crippen molar-refractivity contribution in [2.75, 3.05) is 5.32 Å². The van der Waals surface area contributed by atoms with Crippen LogP contribution in [0, 0.1) is 11.3 Å². The minimum Gasteiger partial charge on any atom is -0.476 e. The summed E-state index contributed by atoms with van der Waals surface area (Å²) in [5.74, 6) is -0.483. The van der Waals surface area contributed by atoms with Crippen LogP contribution in [0.5, 0.6) is 0 Å². The Balaban J connectivity index is 2.02. The van der Waals surface area contributed by atoms with E-state index < -0.39 is 5.97 Å². The van der Waals surface area contributed by atoms with Crippen LogP contribution in [0.25, 0.3) is 0 Å². The third kappa shape index (κ3) is 2.81. The highest BCUT2D eigenvalue weighted by molar-refractivity contribution is 7.09. The minimum atomic E-state index is -1.04. The molecule has 0 saturated carbocycles. The van der Waals surface area contributed by atoms with Gasteiger partial charge in [-0.25, -0.2) is 14.8 Å². The van der Waals surface area contributed by atoms with E-state index in [0.717, 1.165) is 0 Å². The van der Waals surface area contributed by atoms with Crippen LogP contribution in [0.15, 0.2) is 23.7 Å². The molecule has 0 aliphatic rings. The molecule has 0 bridgehead atoms. The average Bonchev–Trinajstić information content (AvgIpc) is 2.85. The molecule has 0 radical (unpaired) electrons. The predicted molar refractivity (Wildman–Crippen MR) is 65.4 cm³/mol. The Morgan fingerprint density at radius 1 is 1.61 bits per heavy atom. The summed E-state index contributed by atoms with van der Waals surface area (Å²) in [6.07, 6.45) is 1.53. The number of hydrogen-bond donors (Lipinski definition) is 2. The zero-order chi connectivity index (χ0) is 13.0. The normalized spacial score (nSPS) is 9.72. The number of rotatable bonds is 4. The van der Waals surface area contributed by atoms with Gasteiger partial charge >= 0.3 is 5.97 Å². The summed E-state index contributed by atoms with van der Waals surface area (Å²) in [5.41, 5.74) is 0.549. The van der Waals surface area contributed by atoms with Crippen molar-refractivity contribution in [3.63, 3.8) is 0 Å². The molecule has 0 fully saturated rings. The number of hydrogen-bond acceptors (Lipinski definition) is 6. The molecule has 2 N–H and O–H groups in total. The van der Waals surface area contributed by atoms with Crippen molar-refractivity contribution in [2.24, 2.45) is 0 Å². The number of aromatic carboxylic acids is 1. The smallest absolute Gasteiger partial charge is 0.355 e. The Labute approximate surface area is 107 Å². The van der Waals surface area contributed by atoms with Gasteiger partial charge < -0.3 is 10.4 Å². The van der Waals surface area contributed by atoms with Gasteiger partial charge in [-0.3, -0.25) is 0 Å². The van der Waals surface area contributed by atoms with Crippen molar-refractivity contribution in [2.45, 2.75) is 6.54 Å². The third-order valence-corrected chi connectivity index (χ3v) is 2.93. The lowest BCUT2D eigenvalue weighted by atomic mass is 10.3. The van der Waals surface area contributed by atoms with Crippen LogP contribution >= 0.6 is 11.3 Å². The Morgan fingerprint density at radius 2 is 2.44 bits per heavy atom. The molecule has 2 aromatic rings. The maximum absolute atomic E-state index is 10.6. The van der Waals surface area contributed by atoms with Crippen LogP contribution < -0.4 is 5.32 Å². The number of carboxylic acid groups (broad SMARTS) is 1. The van der Waals surface area contributed by atoms with E-state index in [0.29, 0.717) is 22.9 Å². The van der Waals surface area contributed by atoms with Crippen LogP contribution in [0.3, 0.4) is 0 Å². The molecule has 2 aromatic heterocycles. The zero-order valence-electron chi connectivity index (χ0n) is 9.12. The third-order valence-electron chi connectivity index (χ3n) is 2.08. The van der Waals surface area contributed by atoms with Gasteiger partial charge in [0, 0.05) is 11.6 Å². The fourth-order valence-corrected chi connectivity index (χ4v) is 1.96. The van der Waals surface area contributed by atoms with Crippen LogP contribution in [-0.2, 0) is 6.54 Å². The molecule has 0 aliphatic heterocycles. The largest absolute Gasteiger partial charge is 0.476 e. The summed E-state index contributed by atoms with van der Waals surface area (Å²) in [6, 6.07) is 5.24. The van der Waals surface area contributed by atoms with Gasteiger partial charge in [-0.1, -0.05) is 0 Å². The number of thiazole rings is 1. The van der Waals surface area contributed by atoms with E-state index >= 15 is 0 Å². The molecule has 2 rings (SSSR count). The van der Waals surface area contributed by atoms with E-state index in [1.807, 2.05) is 6.07 Å². The number of pyridine rings is 1. The van der Waals surface area contributed by atoms with Gasteiger partial charge in [-0.05, 0) is 12.1 Å². The molecule has 0 amide bonds. The summed E-state index contributed by atoms with van der Waals surface area (Å²) in [5, 5.41) is 22.6. The first kappa shape index (κ1) is 12.0. The maximum Gasteiger partial charge on any atom is 0.355 e. The lowest BCUT2D eigenvalue weighted by Gasteiger charge is -2.02. The van der Waals surface area contributed by atoms with Crippen LogP contribution in [0.4, 0.5) is 5.82 Å². The molecule has 0 saturated heterocycles. The minimum absolute atomic E-state index is 0.0375. The Bertz CT molecular complexity index is 618. The van der Waals surface area contributed by atoms with Gasteiger partial charge in [0.25, 0.3) is 0 Å². The molecule has 7 heteroatoms. The van der Waals surface area contributed by atoms with Crippen molar-refractivity contribution in [1.29, 1.82) is 5.26 Å². The Kier molecular flexibility index (Phi) is 3.50. The second kappa shape index (κ2) is 5.25. The molecule has 0 aromatic carbocycles. The molecular weight excluding hydrogens is 252 g/mol. The molecule has 0 aliphatic carbocycles. The van der Waals surface area contributed by atoms with Crippen molar-refractivity contribution in [3.05, 3.63) is 40.0 Å². The van der Waals surface area contributed by atoms with Gasteiger partial charge in [-0.2, -0.15) is 5.26 Å². The molecule has 0 unspecified atom stereocenters. The summed E-state index contributed by atoms with van der Waals surface area (Å²) in [7, 11) is 0. The Morgan fingerprint density at radius 3 is 3.11 bits per heavy atom. The van der Waals surface area contributed by atoms with Crippen LogP contribution in [0.2, 0.25) is 0 Å².